The Balaban J connectivity index is 1.63. The Morgan fingerprint density at radius 2 is 1.64 bits per heavy atom. The van der Waals surface area contributed by atoms with Gasteiger partial charge >= 0.3 is 0 Å². The summed E-state index contributed by atoms with van der Waals surface area (Å²) in [5.74, 6) is 0.816. The first-order chi connectivity index (χ1) is 12.1. The number of ketones is 1. The molecule has 0 heterocycles. The summed E-state index contributed by atoms with van der Waals surface area (Å²) in [6.45, 7) is 2.95. The molecule has 0 spiro atoms. The van der Waals surface area contributed by atoms with Gasteiger partial charge in [-0.3, -0.25) is 9.59 Å². The zero-order chi connectivity index (χ0) is 18.1. The second kappa shape index (κ2) is 9.59. The van der Waals surface area contributed by atoms with Crippen molar-refractivity contribution in [1.29, 1.82) is 0 Å². The fraction of sp³-hybridized carbons (Fsp3) is 0.300. The van der Waals surface area contributed by atoms with Crippen LogP contribution in [0.15, 0.2) is 48.5 Å². The summed E-state index contributed by atoms with van der Waals surface area (Å²) in [6, 6.07) is 14.9. The molecule has 0 saturated heterocycles. The number of benzene rings is 2. The molecule has 0 aliphatic rings. The Morgan fingerprint density at radius 3 is 2.24 bits per heavy atom. The molecule has 0 aliphatic heterocycles. The van der Waals surface area contributed by atoms with Crippen LogP contribution in [0.2, 0.25) is 0 Å². The number of Topliss-reactive ketones (excluding diaryl/α,β-unsaturated/α-hetero) is 1. The molecule has 0 unspecified atom stereocenters. The topological polar surface area (TPSA) is 67.4 Å². The Bertz CT molecular complexity index is 694. The minimum Gasteiger partial charge on any atom is -0.497 e. The van der Waals surface area contributed by atoms with E-state index in [2.05, 4.69) is 10.6 Å². The molecular formula is C20H24N2O3. The lowest BCUT2D eigenvalue weighted by Crippen LogP contribution is -2.23. The molecule has 25 heavy (non-hydrogen) atoms. The minimum atomic E-state index is -0.0486. The molecule has 2 aromatic carbocycles. The third kappa shape index (κ3) is 6.39. The van der Waals surface area contributed by atoms with Gasteiger partial charge in [-0.1, -0.05) is 12.1 Å². The average molecular weight is 340 g/mol. The van der Waals surface area contributed by atoms with Crippen LogP contribution in [0, 0.1) is 0 Å². The van der Waals surface area contributed by atoms with Crippen LogP contribution in [0.5, 0.6) is 5.75 Å². The minimum absolute atomic E-state index is 0.0129. The van der Waals surface area contributed by atoms with E-state index in [1.807, 2.05) is 24.3 Å². The summed E-state index contributed by atoms with van der Waals surface area (Å²) >= 11 is 0. The molecule has 2 aromatic rings. The summed E-state index contributed by atoms with van der Waals surface area (Å²) in [6.07, 6.45) is 1.30. The predicted molar refractivity (Wildman–Crippen MR) is 99.3 cm³/mol. The highest BCUT2D eigenvalue weighted by Gasteiger charge is 2.03. The van der Waals surface area contributed by atoms with E-state index in [1.54, 1.807) is 31.4 Å². The summed E-state index contributed by atoms with van der Waals surface area (Å²) in [5.41, 5.74) is 2.56. The van der Waals surface area contributed by atoms with E-state index in [0.29, 0.717) is 24.2 Å². The standard InChI is InChI=1S/C20H24N2O3/c1-15(23)17-5-7-18(8-6-17)22-20(24)12-14-21-13-11-16-3-9-19(25-2)10-4-16/h3-10,21H,11-14H2,1-2H3,(H,22,24). The number of rotatable bonds is 9. The SMILES string of the molecule is COc1ccc(CCNCCC(=O)Nc2ccc(C(C)=O)cc2)cc1. The quantitative estimate of drug-likeness (QED) is 0.544. The maximum absolute atomic E-state index is 11.9. The van der Waals surface area contributed by atoms with Crippen molar-refractivity contribution in [3.63, 3.8) is 0 Å². The van der Waals surface area contributed by atoms with Crippen LogP contribution in [0.25, 0.3) is 0 Å². The predicted octanol–water partition coefficient (Wildman–Crippen LogP) is 3.06. The van der Waals surface area contributed by atoms with Gasteiger partial charge in [0.05, 0.1) is 7.11 Å². The Morgan fingerprint density at radius 1 is 0.960 bits per heavy atom. The van der Waals surface area contributed by atoms with Crippen molar-refractivity contribution < 1.29 is 14.3 Å². The van der Waals surface area contributed by atoms with Crippen LogP contribution >= 0.6 is 0 Å². The van der Waals surface area contributed by atoms with Crippen molar-refractivity contribution in [2.45, 2.75) is 19.8 Å². The molecule has 0 aromatic heterocycles. The number of carbonyl (C=O) groups excluding carboxylic acids is 2. The van der Waals surface area contributed by atoms with Gasteiger partial charge in [-0.2, -0.15) is 0 Å². The summed E-state index contributed by atoms with van der Waals surface area (Å²) in [7, 11) is 1.65. The fourth-order valence-corrected chi connectivity index (χ4v) is 2.36. The molecule has 0 saturated carbocycles. The highest BCUT2D eigenvalue weighted by Crippen LogP contribution is 2.11. The van der Waals surface area contributed by atoms with Gasteiger partial charge in [-0.15, -0.1) is 0 Å². The third-order valence-corrected chi connectivity index (χ3v) is 3.85. The molecule has 2 rings (SSSR count). The van der Waals surface area contributed by atoms with Crippen LogP contribution in [0.4, 0.5) is 5.69 Å². The van der Waals surface area contributed by atoms with Gasteiger partial charge in [0.1, 0.15) is 5.75 Å². The van der Waals surface area contributed by atoms with E-state index < -0.39 is 0 Å². The van der Waals surface area contributed by atoms with Crippen molar-refractivity contribution in [1.82, 2.24) is 5.32 Å². The molecular weight excluding hydrogens is 316 g/mol. The molecule has 5 heteroatoms. The van der Waals surface area contributed by atoms with E-state index >= 15 is 0 Å². The molecule has 5 nitrogen and oxygen atoms in total. The molecule has 0 radical (unpaired) electrons. The molecule has 0 bridgehead atoms. The van der Waals surface area contributed by atoms with Gasteiger partial charge in [0, 0.05) is 24.2 Å². The maximum atomic E-state index is 11.9. The monoisotopic (exact) mass is 340 g/mol. The van der Waals surface area contributed by atoms with Gasteiger partial charge in [0.25, 0.3) is 0 Å². The number of carbonyl (C=O) groups is 2. The van der Waals surface area contributed by atoms with Crippen LogP contribution in [0.1, 0.15) is 29.3 Å². The van der Waals surface area contributed by atoms with Gasteiger partial charge in [0.2, 0.25) is 5.91 Å². The number of ether oxygens (including phenoxy) is 1. The second-order valence-electron chi connectivity index (χ2n) is 5.78. The van der Waals surface area contributed by atoms with E-state index in [4.69, 9.17) is 4.74 Å². The first-order valence-electron chi connectivity index (χ1n) is 8.33. The van der Waals surface area contributed by atoms with Gasteiger partial charge in [0.15, 0.2) is 5.78 Å². The smallest absolute Gasteiger partial charge is 0.225 e. The van der Waals surface area contributed by atoms with Crippen LogP contribution < -0.4 is 15.4 Å². The number of methoxy groups -OCH3 is 1. The summed E-state index contributed by atoms with van der Waals surface area (Å²) in [5, 5.41) is 6.09. The van der Waals surface area contributed by atoms with Gasteiger partial charge < -0.3 is 15.4 Å². The van der Waals surface area contributed by atoms with Gasteiger partial charge in [-0.05, 0) is 61.9 Å². The third-order valence-electron chi connectivity index (χ3n) is 3.85. The van der Waals surface area contributed by atoms with E-state index in [9.17, 15) is 9.59 Å². The normalized spacial score (nSPS) is 10.3. The molecule has 132 valence electrons. The highest BCUT2D eigenvalue weighted by atomic mass is 16.5. The Hall–Kier alpha value is -2.66. The van der Waals surface area contributed by atoms with Crippen LogP contribution in [0.3, 0.4) is 0 Å². The lowest BCUT2D eigenvalue weighted by Gasteiger charge is -2.07. The van der Waals surface area contributed by atoms with Crippen molar-refractivity contribution in [3.05, 3.63) is 59.7 Å². The Kier molecular flexibility index (Phi) is 7.16. The van der Waals surface area contributed by atoms with E-state index in [-0.39, 0.29) is 11.7 Å². The van der Waals surface area contributed by atoms with Crippen molar-refractivity contribution in [2.24, 2.45) is 0 Å². The van der Waals surface area contributed by atoms with Crippen molar-refractivity contribution >= 4 is 17.4 Å². The number of hydrogen-bond acceptors (Lipinski definition) is 4. The molecule has 0 atom stereocenters. The number of anilines is 1. The maximum Gasteiger partial charge on any atom is 0.225 e. The zero-order valence-corrected chi connectivity index (χ0v) is 14.7. The van der Waals surface area contributed by atoms with E-state index in [1.165, 1.54) is 12.5 Å². The number of nitrogens with one attached hydrogen (secondary N) is 2. The fourth-order valence-electron chi connectivity index (χ4n) is 2.36. The average Bonchev–Trinajstić information content (AvgIpc) is 2.62. The number of hydrogen-bond donors (Lipinski definition) is 2. The number of amides is 1. The Labute approximate surface area is 148 Å². The highest BCUT2D eigenvalue weighted by molar-refractivity contribution is 5.95. The van der Waals surface area contributed by atoms with Crippen molar-refractivity contribution in [3.8, 4) is 5.75 Å². The lowest BCUT2D eigenvalue weighted by atomic mass is 10.1. The first-order valence-corrected chi connectivity index (χ1v) is 8.33. The van der Waals surface area contributed by atoms with Crippen molar-refractivity contribution in [2.75, 3.05) is 25.5 Å². The molecule has 0 fully saturated rings. The van der Waals surface area contributed by atoms with Crippen LogP contribution in [-0.4, -0.2) is 31.9 Å². The molecule has 0 aliphatic carbocycles. The largest absolute Gasteiger partial charge is 0.497 e. The van der Waals surface area contributed by atoms with E-state index in [0.717, 1.165) is 18.7 Å². The van der Waals surface area contributed by atoms with Crippen LogP contribution in [-0.2, 0) is 11.2 Å². The van der Waals surface area contributed by atoms with Gasteiger partial charge in [-0.25, -0.2) is 0 Å². The summed E-state index contributed by atoms with van der Waals surface area (Å²) in [4.78, 5) is 23.1. The molecule has 2 N–H and O–H groups in total. The summed E-state index contributed by atoms with van der Waals surface area (Å²) < 4.78 is 5.13. The first kappa shape index (κ1) is 18.7. The zero-order valence-electron chi connectivity index (χ0n) is 14.7. The lowest BCUT2D eigenvalue weighted by molar-refractivity contribution is -0.116. The molecule has 1 amide bonds. The second-order valence-corrected chi connectivity index (χ2v) is 5.78.